The minimum atomic E-state index is -0.290. The van der Waals surface area contributed by atoms with Crippen LogP contribution in [0.1, 0.15) is 17.9 Å². The van der Waals surface area contributed by atoms with E-state index in [2.05, 4.69) is 10.3 Å². The van der Waals surface area contributed by atoms with Crippen LogP contribution in [-0.4, -0.2) is 15.3 Å². The molecule has 0 fully saturated rings. The van der Waals surface area contributed by atoms with Crippen molar-refractivity contribution in [2.24, 2.45) is 0 Å². The second kappa shape index (κ2) is 7.45. The first-order valence-electron chi connectivity index (χ1n) is 8.72. The number of pyridine rings is 1. The van der Waals surface area contributed by atoms with Gasteiger partial charge in [0.05, 0.1) is 24.2 Å². The zero-order valence-electron chi connectivity index (χ0n) is 14.6. The number of halogens is 1. The van der Waals surface area contributed by atoms with E-state index in [1.165, 1.54) is 12.1 Å². The molecule has 0 bridgehead atoms. The Kier molecular flexibility index (Phi) is 4.70. The smallest absolute Gasteiger partial charge is 0.220 e. The quantitative estimate of drug-likeness (QED) is 0.564. The van der Waals surface area contributed by atoms with Gasteiger partial charge in [0.2, 0.25) is 5.91 Å². The molecule has 0 unspecified atom stereocenters. The van der Waals surface area contributed by atoms with Crippen LogP contribution in [0.25, 0.3) is 16.9 Å². The van der Waals surface area contributed by atoms with Crippen molar-refractivity contribution in [3.05, 3.63) is 84.3 Å². The highest BCUT2D eigenvalue weighted by molar-refractivity contribution is 5.76. The monoisotopic (exact) mass is 363 g/mol. The topological polar surface area (TPSA) is 59.5 Å². The van der Waals surface area contributed by atoms with Crippen molar-refractivity contribution < 1.29 is 13.6 Å². The number of aromatic nitrogens is 2. The molecule has 4 aromatic rings. The Morgan fingerprint density at radius 3 is 2.74 bits per heavy atom. The number of amides is 1. The van der Waals surface area contributed by atoms with Gasteiger partial charge in [0.15, 0.2) is 0 Å². The molecular formula is C21H18FN3O2. The lowest BCUT2D eigenvalue weighted by Gasteiger charge is -2.06. The highest BCUT2D eigenvalue weighted by Crippen LogP contribution is 2.25. The Morgan fingerprint density at radius 2 is 1.96 bits per heavy atom. The molecule has 0 aliphatic carbocycles. The number of rotatable bonds is 6. The number of carbonyl (C=O) groups is 1. The molecule has 136 valence electrons. The van der Waals surface area contributed by atoms with Crippen LogP contribution in [0.2, 0.25) is 0 Å². The number of imidazole rings is 1. The molecular weight excluding hydrogens is 345 g/mol. The van der Waals surface area contributed by atoms with E-state index >= 15 is 0 Å². The number of aryl methyl sites for hydroxylation is 1. The number of hydrogen-bond donors (Lipinski definition) is 1. The molecule has 0 saturated carbocycles. The maximum Gasteiger partial charge on any atom is 0.220 e. The highest BCUT2D eigenvalue weighted by atomic mass is 19.1. The molecule has 0 atom stereocenters. The maximum atomic E-state index is 13.3. The van der Waals surface area contributed by atoms with Crippen LogP contribution in [-0.2, 0) is 17.8 Å². The summed E-state index contributed by atoms with van der Waals surface area (Å²) >= 11 is 0. The van der Waals surface area contributed by atoms with Gasteiger partial charge >= 0.3 is 0 Å². The number of fused-ring (bicyclic) bond motifs is 1. The van der Waals surface area contributed by atoms with Gasteiger partial charge in [-0.05, 0) is 55.0 Å². The Labute approximate surface area is 155 Å². The van der Waals surface area contributed by atoms with Gasteiger partial charge in [0, 0.05) is 18.2 Å². The summed E-state index contributed by atoms with van der Waals surface area (Å²) in [5.74, 6) is 0.355. The van der Waals surface area contributed by atoms with Gasteiger partial charge in [-0.3, -0.25) is 4.79 Å². The van der Waals surface area contributed by atoms with E-state index in [0.29, 0.717) is 25.1 Å². The Bertz CT molecular complexity index is 1050. The molecule has 1 aromatic carbocycles. The summed E-state index contributed by atoms with van der Waals surface area (Å²) < 4.78 is 20.5. The molecule has 3 aromatic heterocycles. The van der Waals surface area contributed by atoms with E-state index in [9.17, 15) is 9.18 Å². The summed E-state index contributed by atoms with van der Waals surface area (Å²) in [4.78, 5) is 16.9. The molecule has 4 rings (SSSR count). The van der Waals surface area contributed by atoms with Crippen molar-refractivity contribution >= 4 is 11.6 Å². The lowest BCUT2D eigenvalue weighted by Crippen LogP contribution is -2.23. The van der Waals surface area contributed by atoms with Crippen LogP contribution in [0, 0.1) is 5.82 Å². The molecule has 27 heavy (non-hydrogen) atoms. The molecule has 0 aliphatic heterocycles. The Morgan fingerprint density at radius 1 is 1.11 bits per heavy atom. The van der Waals surface area contributed by atoms with Gasteiger partial charge in [-0.2, -0.15) is 0 Å². The minimum Gasteiger partial charge on any atom is -0.467 e. The summed E-state index contributed by atoms with van der Waals surface area (Å²) in [7, 11) is 0. The zero-order valence-corrected chi connectivity index (χ0v) is 14.6. The van der Waals surface area contributed by atoms with Crippen LogP contribution in [0.15, 0.2) is 71.5 Å². The SMILES string of the molecule is O=C(CCc1c(-c2ccc(F)cc2)nc2ccccn12)NCc1ccco1. The van der Waals surface area contributed by atoms with Gasteiger partial charge in [-0.15, -0.1) is 0 Å². The first-order chi connectivity index (χ1) is 13.2. The summed E-state index contributed by atoms with van der Waals surface area (Å²) in [6.07, 6.45) is 4.33. The van der Waals surface area contributed by atoms with E-state index in [1.807, 2.05) is 34.9 Å². The van der Waals surface area contributed by atoms with Crippen molar-refractivity contribution in [2.75, 3.05) is 0 Å². The normalized spacial score (nSPS) is 11.0. The number of hydrogen-bond acceptors (Lipinski definition) is 3. The predicted molar refractivity (Wildman–Crippen MR) is 99.5 cm³/mol. The number of nitrogens with zero attached hydrogens (tertiary/aromatic N) is 2. The van der Waals surface area contributed by atoms with E-state index < -0.39 is 0 Å². The summed E-state index contributed by atoms with van der Waals surface area (Å²) in [5, 5.41) is 2.85. The van der Waals surface area contributed by atoms with Crippen molar-refractivity contribution in [3.8, 4) is 11.3 Å². The van der Waals surface area contributed by atoms with Crippen molar-refractivity contribution in [3.63, 3.8) is 0 Å². The number of carbonyl (C=O) groups excluding carboxylic acids is 1. The van der Waals surface area contributed by atoms with Gasteiger partial charge in [0.1, 0.15) is 17.2 Å². The largest absolute Gasteiger partial charge is 0.467 e. The van der Waals surface area contributed by atoms with Crippen LogP contribution >= 0.6 is 0 Å². The molecule has 0 radical (unpaired) electrons. The number of benzene rings is 1. The fourth-order valence-corrected chi connectivity index (χ4v) is 3.04. The van der Waals surface area contributed by atoms with Crippen LogP contribution < -0.4 is 5.32 Å². The predicted octanol–water partition coefficient (Wildman–Crippen LogP) is 3.98. The summed E-state index contributed by atoms with van der Waals surface area (Å²) in [6, 6.07) is 15.6. The molecule has 5 nitrogen and oxygen atoms in total. The first kappa shape index (κ1) is 17.0. The fraction of sp³-hybridized carbons (Fsp3) is 0.143. The van der Waals surface area contributed by atoms with Gasteiger partial charge < -0.3 is 14.1 Å². The van der Waals surface area contributed by atoms with E-state index in [-0.39, 0.29) is 11.7 Å². The lowest BCUT2D eigenvalue weighted by molar-refractivity contribution is -0.121. The lowest BCUT2D eigenvalue weighted by atomic mass is 10.1. The fourth-order valence-electron chi connectivity index (χ4n) is 3.04. The Balaban J connectivity index is 1.55. The van der Waals surface area contributed by atoms with E-state index in [4.69, 9.17) is 4.42 Å². The third kappa shape index (κ3) is 3.74. The second-order valence-electron chi connectivity index (χ2n) is 6.20. The van der Waals surface area contributed by atoms with Crippen molar-refractivity contribution in [2.45, 2.75) is 19.4 Å². The molecule has 0 spiro atoms. The molecule has 0 aliphatic rings. The summed E-state index contributed by atoms with van der Waals surface area (Å²) in [5.41, 5.74) is 3.30. The Hall–Kier alpha value is -3.41. The third-order valence-electron chi connectivity index (χ3n) is 4.38. The average molecular weight is 363 g/mol. The molecule has 1 amide bonds. The first-order valence-corrected chi connectivity index (χ1v) is 8.72. The average Bonchev–Trinajstić information content (AvgIpc) is 3.33. The molecule has 3 heterocycles. The molecule has 6 heteroatoms. The van der Waals surface area contributed by atoms with Crippen LogP contribution in [0.4, 0.5) is 4.39 Å². The standard InChI is InChI=1S/C21H18FN3O2/c22-16-8-6-15(7-9-16)21-18(25-12-2-1-5-19(25)24-21)10-11-20(26)23-14-17-4-3-13-27-17/h1-9,12-13H,10-11,14H2,(H,23,26). The third-order valence-corrected chi connectivity index (χ3v) is 4.38. The number of nitrogens with one attached hydrogen (secondary N) is 1. The second-order valence-corrected chi connectivity index (χ2v) is 6.20. The highest BCUT2D eigenvalue weighted by Gasteiger charge is 2.15. The zero-order chi connectivity index (χ0) is 18.6. The van der Waals surface area contributed by atoms with Crippen molar-refractivity contribution in [1.82, 2.24) is 14.7 Å². The van der Waals surface area contributed by atoms with Crippen LogP contribution in [0.3, 0.4) is 0 Å². The molecule has 1 N–H and O–H groups in total. The van der Waals surface area contributed by atoms with Gasteiger partial charge in [-0.25, -0.2) is 9.37 Å². The van der Waals surface area contributed by atoms with Gasteiger partial charge in [0.25, 0.3) is 0 Å². The van der Waals surface area contributed by atoms with E-state index in [1.54, 1.807) is 24.5 Å². The maximum absolute atomic E-state index is 13.3. The summed E-state index contributed by atoms with van der Waals surface area (Å²) in [6.45, 7) is 0.365. The van der Waals surface area contributed by atoms with E-state index in [0.717, 1.165) is 22.6 Å². The minimum absolute atomic E-state index is 0.0673. The van der Waals surface area contributed by atoms with Crippen LogP contribution in [0.5, 0.6) is 0 Å². The van der Waals surface area contributed by atoms with Crippen molar-refractivity contribution in [1.29, 1.82) is 0 Å². The number of furan rings is 1. The van der Waals surface area contributed by atoms with Gasteiger partial charge in [-0.1, -0.05) is 6.07 Å². The molecule has 0 saturated heterocycles.